The molecule has 0 saturated carbocycles. The Morgan fingerprint density at radius 3 is 2.64 bits per heavy atom. The summed E-state index contributed by atoms with van der Waals surface area (Å²) in [5.74, 6) is 0.280. The standard InChI is InChI=1S/C10H13FO2S/c1-4-13-10-7(12-2)5-6-8(14-3)9(10)11/h5-6H,4H2,1-3H3. The molecule has 0 aliphatic rings. The van der Waals surface area contributed by atoms with Crippen molar-refractivity contribution in [3.8, 4) is 11.5 Å². The SMILES string of the molecule is CCOc1c(OC)ccc(SC)c1F. The first kappa shape index (κ1) is 11.2. The summed E-state index contributed by atoms with van der Waals surface area (Å²) >= 11 is 1.34. The number of halogens is 1. The van der Waals surface area contributed by atoms with Gasteiger partial charge in [0.1, 0.15) is 0 Å². The van der Waals surface area contributed by atoms with Crippen LogP contribution < -0.4 is 9.47 Å². The van der Waals surface area contributed by atoms with Gasteiger partial charge in [0.25, 0.3) is 0 Å². The van der Waals surface area contributed by atoms with Gasteiger partial charge in [0.15, 0.2) is 17.3 Å². The summed E-state index contributed by atoms with van der Waals surface area (Å²) in [5, 5.41) is 0. The van der Waals surface area contributed by atoms with E-state index in [2.05, 4.69) is 0 Å². The molecule has 0 atom stereocenters. The van der Waals surface area contributed by atoms with Crippen molar-refractivity contribution in [2.75, 3.05) is 20.0 Å². The van der Waals surface area contributed by atoms with E-state index in [0.717, 1.165) is 0 Å². The maximum absolute atomic E-state index is 13.7. The van der Waals surface area contributed by atoms with Crippen LogP contribution in [0.15, 0.2) is 17.0 Å². The molecule has 0 amide bonds. The van der Waals surface area contributed by atoms with Crippen LogP contribution in [0.2, 0.25) is 0 Å². The highest BCUT2D eigenvalue weighted by atomic mass is 32.2. The van der Waals surface area contributed by atoms with Crippen LogP contribution in [-0.4, -0.2) is 20.0 Å². The summed E-state index contributed by atoms with van der Waals surface area (Å²) in [5.41, 5.74) is 0. The number of hydrogen-bond donors (Lipinski definition) is 0. The molecule has 1 rings (SSSR count). The molecule has 0 spiro atoms. The first-order valence-corrected chi connectivity index (χ1v) is 5.50. The predicted octanol–water partition coefficient (Wildman–Crippen LogP) is 2.95. The fraction of sp³-hybridized carbons (Fsp3) is 0.400. The van der Waals surface area contributed by atoms with Crippen LogP contribution in [0.25, 0.3) is 0 Å². The van der Waals surface area contributed by atoms with E-state index in [-0.39, 0.29) is 11.6 Å². The van der Waals surface area contributed by atoms with Gasteiger partial charge in [0, 0.05) is 4.90 Å². The van der Waals surface area contributed by atoms with Gasteiger partial charge in [-0.1, -0.05) is 0 Å². The molecule has 78 valence electrons. The highest BCUT2D eigenvalue weighted by Crippen LogP contribution is 2.35. The third-order valence-electron chi connectivity index (χ3n) is 1.75. The van der Waals surface area contributed by atoms with Crippen molar-refractivity contribution >= 4 is 11.8 Å². The topological polar surface area (TPSA) is 18.5 Å². The molecule has 2 nitrogen and oxygen atoms in total. The van der Waals surface area contributed by atoms with Gasteiger partial charge in [-0.15, -0.1) is 11.8 Å². The van der Waals surface area contributed by atoms with Crippen molar-refractivity contribution in [3.63, 3.8) is 0 Å². The average molecular weight is 216 g/mol. The molecule has 4 heteroatoms. The van der Waals surface area contributed by atoms with E-state index >= 15 is 0 Å². The van der Waals surface area contributed by atoms with Gasteiger partial charge >= 0.3 is 0 Å². The van der Waals surface area contributed by atoms with E-state index in [4.69, 9.17) is 9.47 Å². The maximum Gasteiger partial charge on any atom is 0.198 e. The van der Waals surface area contributed by atoms with Gasteiger partial charge in [-0.25, -0.2) is 4.39 Å². The van der Waals surface area contributed by atoms with Gasteiger partial charge in [-0.05, 0) is 25.3 Å². The van der Waals surface area contributed by atoms with Crippen LogP contribution in [0.4, 0.5) is 4.39 Å². The second-order valence-electron chi connectivity index (χ2n) is 2.55. The van der Waals surface area contributed by atoms with Gasteiger partial charge < -0.3 is 9.47 Å². The minimum Gasteiger partial charge on any atom is -0.493 e. The van der Waals surface area contributed by atoms with E-state index in [1.165, 1.54) is 18.9 Å². The Bertz CT molecular complexity index is 315. The Hall–Kier alpha value is -0.900. The second-order valence-corrected chi connectivity index (χ2v) is 3.39. The van der Waals surface area contributed by atoms with E-state index in [0.29, 0.717) is 17.3 Å². The molecule has 0 heterocycles. The largest absolute Gasteiger partial charge is 0.493 e. The molecule has 14 heavy (non-hydrogen) atoms. The number of thioether (sulfide) groups is 1. The molecule has 1 aromatic rings. The number of ether oxygens (including phenoxy) is 2. The zero-order chi connectivity index (χ0) is 10.6. The molecular formula is C10H13FO2S. The van der Waals surface area contributed by atoms with Crippen LogP contribution in [0.1, 0.15) is 6.92 Å². The molecule has 0 unspecified atom stereocenters. The Balaban J connectivity index is 3.16. The van der Waals surface area contributed by atoms with Crippen molar-refractivity contribution in [2.24, 2.45) is 0 Å². The van der Waals surface area contributed by atoms with E-state index in [9.17, 15) is 4.39 Å². The van der Waals surface area contributed by atoms with Crippen LogP contribution in [0.3, 0.4) is 0 Å². The third-order valence-corrected chi connectivity index (χ3v) is 2.51. The van der Waals surface area contributed by atoms with E-state index in [1.54, 1.807) is 12.1 Å². The molecule has 0 aliphatic carbocycles. The highest BCUT2D eigenvalue weighted by Gasteiger charge is 2.14. The molecule has 0 fully saturated rings. The highest BCUT2D eigenvalue weighted by molar-refractivity contribution is 7.98. The molecule has 0 aliphatic heterocycles. The molecular weight excluding hydrogens is 203 g/mol. The maximum atomic E-state index is 13.7. The lowest BCUT2D eigenvalue weighted by Crippen LogP contribution is -1.99. The molecule has 0 saturated heterocycles. The zero-order valence-electron chi connectivity index (χ0n) is 8.46. The summed E-state index contributed by atoms with van der Waals surface area (Å²) in [6, 6.07) is 3.39. The van der Waals surface area contributed by atoms with Crippen molar-refractivity contribution in [3.05, 3.63) is 17.9 Å². The quantitative estimate of drug-likeness (QED) is 0.721. The van der Waals surface area contributed by atoms with Gasteiger partial charge in [0.2, 0.25) is 0 Å². The number of hydrogen-bond acceptors (Lipinski definition) is 3. The Labute approximate surface area is 87.4 Å². The van der Waals surface area contributed by atoms with Crippen LogP contribution >= 0.6 is 11.8 Å². The van der Waals surface area contributed by atoms with Crippen molar-refractivity contribution in [1.82, 2.24) is 0 Å². The summed E-state index contributed by atoms with van der Waals surface area (Å²) in [6.45, 7) is 2.23. The number of benzene rings is 1. The van der Waals surface area contributed by atoms with Gasteiger partial charge in [-0.3, -0.25) is 0 Å². The fourth-order valence-corrected chi connectivity index (χ4v) is 1.59. The molecule has 0 aromatic heterocycles. The van der Waals surface area contributed by atoms with Crippen molar-refractivity contribution < 1.29 is 13.9 Å². The molecule has 1 aromatic carbocycles. The first-order valence-electron chi connectivity index (χ1n) is 4.27. The first-order chi connectivity index (χ1) is 6.74. The minimum absolute atomic E-state index is 0.196. The number of rotatable bonds is 4. The third kappa shape index (κ3) is 2.12. The monoisotopic (exact) mass is 216 g/mol. The summed E-state index contributed by atoms with van der Waals surface area (Å²) in [6.07, 6.45) is 1.82. The van der Waals surface area contributed by atoms with Crippen LogP contribution in [0.5, 0.6) is 11.5 Å². The predicted molar refractivity (Wildman–Crippen MR) is 55.9 cm³/mol. The lowest BCUT2D eigenvalue weighted by Gasteiger charge is -2.11. The number of methoxy groups -OCH3 is 1. The lowest BCUT2D eigenvalue weighted by molar-refractivity contribution is 0.292. The normalized spacial score (nSPS) is 10.0. The summed E-state index contributed by atoms with van der Waals surface area (Å²) in [4.78, 5) is 0.564. The molecule has 0 N–H and O–H groups in total. The Morgan fingerprint density at radius 1 is 1.43 bits per heavy atom. The van der Waals surface area contributed by atoms with Crippen LogP contribution in [0, 0.1) is 5.82 Å². The Morgan fingerprint density at radius 2 is 2.14 bits per heavy atom. The van der Waals surface area contributed by atoms with Crippen LogP contribution in [-0.2, 0) is 0 Å². The average Bonchev–Trinajstić information content (AvgIpc) is 2.21. The summed E-state index contributed by atoms with van der Waals surface area (Å²) in [7, 11) is 1.50. The van der Waals surface area contributed by atoms with Gasteiger partial charge in [0.05, 0.1) is 13.7 Å². The lowest BCUT2D eigenvalue weighted by atomic mass is 10.3. The second kappa shape index (κ2) is 5.10. The minimum atomic E-state index is -0.348. The summed E-state index contributed by atoms with van der Waals surface area (Å²) < 4.78 is 23.9. The smallest absolute Gasteiger partial charge is 0.198 e. The van der Waals surface area contributed by atoms with E-state index in [1.807, 2.05) is 13.2 Å². The van der Waals surface area contributed by atoms with Crippen molar-refractivity contribution in [2.45, 2.75) is 11.8 Å². The van der Waals surface area contributed by atoms with E-state index < -0.39 is 0 Å². The Kier molecular flexibility index (Phi) is 4.07. The van der Waals surface area contributed by atoms with Crippen molar-refractivity contribution in [1.29, 1.82) is 0 Å². The van der Waals surface area contributed by atoms with Gasteiger partial charge in [-0.2, -0.15) is 0 Å². The molecule has 0 bridgehead atoms. The fourth-order valence-electron chi connectivity index (χ4n) is 1.12. The zero-order valence-corrected chi connectivity index (χ0v) is 9.28. The molecule has 0 radical (unpaired) electrons.